The van der Waals surface area contributed by atoms with Gasteiger partial charge in [-0.2, -0.15) is 11.8 Å². The van der Waals surface area contributed by atoms with Crippen molar-refractivity contribution in [2.45, 2.75) is 42.8 Å². The van der Waals surface area contributed by atoms with Gasteiger partial charge in [-0.1, -0.05) is 12.1 Å². The van der Waals surface area contributed by atoms with E-state index in [1.165, 1.54) is 12.8 Å². The zero-order chi connectivity index (χ0) is 14.0. The second kappa shape index (κ2) is 6.05. The molecule has 1 atom stereocenters. The van der Waals surface area contributed by atoms with Gasteiger partial charge in [-0.05, 0) is 42.7 Å². The second-order valence-corrected chi connectivity index (χ2v) is 8.35. The van der Waals surface area contributed by atoms with Crippen LogP contribution in [0, 0.1) is 0 Å². The Morgan fingerprint density at radius 3 is 2.75 bits per heavy atom. The second-order valence-electron chi connectivity index (χ2n) is 5.48. The van der Waals surface area contributed by atoms with Crippen molar-refractivity contribution >= 4 is 21.8 Å². The van der Waals surface area contributed by atoms with Gasteiger partial charge in [0, 0.05) is 24.4 Å². The Kier molecular flexibility index (Phi) is 4.35. The minimum absolute atomic E-state index is 0.0817. The van der Waals surface area contributed by atoms with Gasteiger partial charge in [-0.25, -0.2) is 13.1 Å². The smallest absolute Gasteiger partial charge is 0.240 e. The summed E-state index contributed by atoms with van der Waals surface area (Å²) in [5.74, 6) is 1.92. The van der Waals surface area contributed by atoms with Gasteiger partial charge in [0.1, 0.15) is 0 Å². The predicted molar refractivity (Wildman–Crippen MR) is 82.4 cm³/mol. The topological polar surface area (TPSA) is 58.2 Å². The Bertz CT molecular complexity index is 564. The van der Waals surface area contributed by atoms with Crippen molar-refractivity contribution in [2.75, 3.05) is 11.5 Å². The van der Waals surface area contributed by atoms with Crippen LogP contribution in [0.2, 0.25) is 0 Å². The Balaban J connectivity index is 1.68. The third-order valence-electron chi connectivity index (χ3n) is 3.63. The molecule has 0 radical (unpaired) electrons. The molecule has 0 bridgehead atoms. The average Bonchev–Trinajstić information content (AvgIpc) is 3.14. The van der Waals surface area contributed by atoms with Gasteiger partial charge in [0.05, 0.1) is 4.90 Å². The summed E-state index contributed by atoms with van der Waals surface area (Å²) < 4.78 is 27.5. The van der Waals surface area contributed by atoms with E-state index in [0.29, 0.717) is 10.9 Å². The average molecular weight is 312 g/mol. The first-order valence-corrected chi connectivity index (χ1v) is 9.70. The van der Waals surface area contributed by atoms with Crippen molar-refractivity contribution in [3.8, 4) is 0 Å². The molecule has 6 heteroatoms. The van der Waals surface area contributed by atoms with Crippen LogP contribution in [0.15, 0.2) is 29.2 Å². The van der Waals surface area contributed by atoms with E-state index < -0.39 is 10.0 Å². The molecule has 1 saturated carbocycles. The molecule has 0 aromatic heterocycles. The molecule has 1 saturated heterocycles. The van der Waals surface area contributed by atoms with Crippen LogP contribution >= 0.6 is 11.8 Å². The first-order valence-electron chi connectivity index (χ1n) is 7.06. The molecule has 1 aliphatic carbocycles. The van der Waals surface area contributed by atoms with E-state index in [1.807, 2.05) is 12.1 Å². The molecule has 1 aromatic carbocycles. The molecule has 1 aliphatic heterocycles. The minimum Gasteiger partial charge on any atom is -0.310 e. The molecule has 0 spiro atoms. The molecule has 1 heterocycles. The highest BCUT2D eigenvalue weighted by Gasteiger charge is 2.24. The van der Waals surface area contributed by atoms with E-state index in [-0.39, 0.29) is 6.04 Å². The van der Waals surface area contributed by atoms with Gasteiger partial charge in [0.15, 0.2) is 0 Å². The van der Waals surface area contributed by atoms with Crippen LogP contribution in [0.4, 0.5) is 0 Å². The summed E-state index contributed by atoms with van der Waals surface area (Å²) in [6, 6.07) is 7.95. The fourth-order valence-corrected chi connectivity index (χ4v) is 4.89. The van der Waals surface area contributed by atoms with Crippen molar-refractivity contribution in [3.63, 3.8) is 0 Å². The summed E-state index contributed by atoms with van der Waals surface area (Å²) in [5, 5.41) is 3.41. The number of benzene rings is 1. The number of nitrogens with one attached hydrogen (secondary N) is 2. The lowest BCUT2D eigenvalue weighted by atomic mass is 10.2. The number of rotatable bonds is 6. The first kappa shape index (κ1) is 14.4. The number of thioether (sulfide) groups is 1. The van der Waals surface area contributed by atoms with Crippen LogP contribution in [0.25, 0.3) is 0 Å². The summed E-state index contributed by atoms with van der Waals surface area (Å²) in [4.78, 5) is 0.379. The van der Waals surface area contributed by atoms with E-state index >= 15 is 0 Å². The molecule has 4 nitrogen and oxygen atoms in total. The molecule has 1 unspecified atom stereocenters. The van der Waals surface area contributed by atoms with Gasteiger partial charge < -0.3 is 5.32 Å². The molecule has 2 N–H and O–H groups in total. The lowest BCUT2D eigenvalue weighted by Crippen LogP contribution is -2.34. The summed E-state index contributed by atoms with van der Waals surface area (Å²) in [5.41, 5.74) is 1.03. The SMILES string of the molecule is O=S(=O)(NC1CCSC1)c1cccc(CNC2CC2)c1. The highest BCUT2D eigenvalue weighted by atomic mass is 32.2. The van der Waals surface area contributed by atoms with Crippen molar-refractivity contribution < 1.29 is 8.42 Å². The van der Waals surface area contributed by atoms with Crippen LogP contribution in [0.3, 0.4) is 0 Å². The monoisotopic (exact) mass is 312 g/mol. The fraction of sp³-hybridized carbons (Fsp3) is 0.571. The third kappa shape index (κ3) is 3.75. The minimum atomic E-state index is -3.38. The quantitative estimate of drug-likeness (QED) is 0.840. The van der Waals surface area contributed by atoms with Gasteiger partial charge in [0.25, 0.3) is 0 Å². The fourth-order valence-electron chi connectivity index (χ4n) is 2.29. The van der Waals surface area contributed by atoms with Crippen LogP contribution in [-0.2, 0) is 16.6 Å². The van der Waals surface area contributed by atoms with Gasteiger partial charge >= 0.3 is 0 Å². The number of hydrogen-bond donors (Lipinski definition) is 2. The Labute approximate surface area is 124 Å². The summed E-state index contributed by atoms with van der Waals surface area (Å²) in [6.45, 7) is 0.743. The van der Waals surface area contributed by atoms with E-state index in [2.05, 4.69) is 10.0 Å². The Hall–Kier alpha value is -0.560. The van der Waals surface area contributed by atoms with Crippen LogP contribution in [0.1, 0.15) is 24.8 Å². The third-order valence-corrected chi connectivity index (χ3v) is 6.31. The lowest BCUT2D eigenvalue weighted by Gasteiger charge is -2.13. The summed E-state index contributed by atoms with van der Waals surface area (Å²) in [6.07, 6.45) is 3.39. The maximum atomic E-state index is 12.4. The molecule has 3 rings (SSSR count). The summed E-state index contributed by atoms with van der Waals surface area (Å²) >= 11 is 1.80. The van der Waals surface area contributed by atoms with Crippen LogP contribution < -0.4 is 10.0 Å². The molecule has 2 fully saturated rings. The molecule has 0 amide bonds. The molecule has 1 aromatic rings. The van der Waals surface area contributed by atoms with Crippen LogP contribution in [-0.4, -0.2) is 32.0 Å². The van der Waals surface area contributed by atoms with Gasteiger partial charge in [0.2, 0.25) is 10.0 Å². The molecule has 2 aliphatic rings. The van der Waals surface area contributed by atoms with Crippen molar-refractivity contribution in [3.05, 3.63) is 29.8 Å². The highest BCUT2D eigenvalue weighted by Crippen LogP contribution is 2.21. The van der Waals surface area contributed by atoms with Crippen molar-refractivity contribution in [2.24, 2.45) is 0 Å². The molecular weight excluding hydrogens is 292 g/mol. The maximum absolute atomic E-state index is 12.4. The molecule has 20 heavy (non-hydrogen) atoms. The first-order chi connectivity index (χ1) is 9.63. The van der Waals surface area contributed by atoms with E-state index in [9.17, 15) is 8.42 Å². The summed E-state index contributed by atoms with van der Waals surface area (Å²) in [7, 11) is -3.38. The Morgan fingerprint density at radius 2 is 2.05 bits per heavy atom. The standard InChI is InChI=1S/C14H20N2O2S2/c17-20(18,16-13-6-7-19-10-13)14-3-1-2-11(8-14)9-15-12-4-5-12/h1-3,8,12-13,15-16H,4-7,9-10H2. The Morgan fingerprint density at radius 1 is 1.20 bits per heavy atom. The number of hydrogen-bond acceptors (Lipinski definition) is 4. The van der Waals surface area contributed by atoms with Gasteiger partial charge in [-0.3, -0.25) is 0 Å². The zero-order valence-corrected chi connectivity index (χ0v) is 13.0. The van der Waals surface area contributed by atoms with E-state index in [4.69, 9.17) is 0 Å². The maximum Gasteiger partial charge on any atom is 0.240 e. The van der Waals surface area contributed by atoms with E-state index in [0.717, 1.165) is 30.0 Å². The van der Waals surface area contributed by atoms with Gasteiger partial charge in [-0.15, -0.1) is 0 Å². The van der Waals surface area contributed by atoms with Crippen LogP contribution in [0.5, 0.6) is 0 Å². The normalized spacial score (nSPS) is 23.1. The molecule has 110 valence electrons. The number of sulfonamides is 1. The largest absolute Gasteiger partial charge is 0.310 e. The predicted octanol–water partition coefficient (Wildman–Crippen LogP) is 1.72. The highest BCUT2D eigenvalue weighted by molar-refractivity contribution is 7.99. The van der Waals surface area contributed by atoms with E-state index in [1.54, 1.807) is 23.9 Å². The van der Waals surface area contributed by atoms with Crippen molar-refractivity contribution in [1.29, 1.82) is 0 Å². The molecular formula is C14H20N2O2S2. The zero-order valence-electron chi connectivity index (χ0n) is 11.3. The van der Waals surface area contributed by atoms with Crippen molar-refractivity contribution in [1.82, 2.24) is 10.0 Å². The lowest BCUT2D eigenvalue weighted by molar-refractivity contribution is 0.563.